The number of para-hydroxylation sites is 1. The molecule has 3 heterocycles. The van der Waals surface area contributed by atoms with Crippen LogP contribution in [0.15, 0.2) is 73.1 Å². The van der Waals surface area contributed by atoms with Crippen LogP contribution in [0, 0.1) is 11.8 Å². The Labute approximate surface area is 221 Å². The Bertz CT molecular complexity index is 1580. The van der Waals surface area contributed by atoms with Crippen molar-refractivity contribution in [3.8, 4) is 11.4 Å². The van der Waals surface area contributed by atoms with E-state index in [4.69, 9.17) is 10.7 Å². The van der Waals surface area contributed by atoms with Crippen molar-refractivity contribution in [3.05, 3.63) is 84.4 Å². The molecule has 4 N–H and O–H groups in total. The van der Waals surface area contributed by atoms with Crippen LogP contribution in [0.3, 0.4) is 0 Å². The number of anilines is 1. The van der Waals surface area contributed by atoms with Crippen LogP contribution >= 0.6 is 0 Å². The van der Waals surface area contributed by atoms with E-state index in [9.17, 15) is 4.79 Å². The number of nitrogen functional groups attached to an aromatic ring is 1. The monoisotopic (exact) mass is 504 g/mol. The summed E-state index contributed by atoms with van der Waals surface area (Å²) in [6.07, 6.45) is 8.94. The van der Waals surface area contributed by atoms with Gasteiger partial charge in [0.2, 0.25) is 5.91 Å². The Kier molecular flexibility index (Phi) is 5.64. The second-order valence-electron chi connectivity index (χ2n) is 10.9. The number of carbonyl (C=O) groups excluding carboxylic acids is 1. The minimum Gasteiger partial charge on any atom is -0.382 e. The second kappa shape index (κ2) is 9.31. The number of nitrogens with two attached hydrogens (primary N) is 1. The molecule has 0 spiro atoms. The van der Waals surface area contributed by atoms with Crippen LogP contribution in [0.4, 0.5) is 5.82 Å². The van der Waals surface area contributed by atoms with Crippen molar-refractivity contribution >= 4 is 28.1 Å². The van der Waals surface area contributed by atoms with Crippen LogP contribution in [0.2, 0.25) is 0 Å². The summed E-state index contributed by atoms with van der Waals surface area (Å²) >= 11 is 0. The summed E-state index contributed by atoms with van der Waals surface area (Å²) in [5.41, 5.74) is 11.4. The fourth-order valence-electron chi connectivity index (χ4n) is 6.32. The number of hydrogen-bond donors (Lipinski definition) is 3. The molecule has 7 heteroatoms. The van der Waals surface area contributed by atoms with E-state index in [0.717, 1.165) is 72.3 Å². The molecule has 0 saturated heterocycles. The first-order valence-electron chi connectivity index (χ1n) is 13.7. The molecule has 2 fully saturated rings. The highest BCUT2D eigenvalue weighted by molar-refractivity contribution is 5.91. The van der Waals surface area contributed by atoms with Crippen LogP contribution < -0.4 is 11.1 Å². The summed E-state index contributed by atoms with van der Waals surface area (Å²) < 4.78 is 2.13. The summed E-state index contributed by atoms with van der Waals surface area (Å²) in [6.45, 7) is 0.767. The van der Waals surface area contributed by atoms with E-state index in [1.165, 1.54) is 5.56 Å². The molecule has 38 heavy (non-hydrogen) atoms. The Balaban J connectivity index is 1.03. The van der Waals surface area contributed by atoms with Gasteiger partial charge in [0.15, 0.2) is 0 Å². The molecule has 1 amide bonds. The zero-order valence-corrected chi connectivity index (χ0v) is 21.3. The molecule has 7 rings (SSSR count). The van der Waals surface area contributed by atoms with E-state index in [-0.39, 0.29) is 11.8 Å². The van der Waals surface area contributed by atoms with Gasteiger partial charge in [-0.3, -0.25) is 9.20 Å². The number of H-pyrrole nitrogens is 1. The lowest BCUT2D eigenvalue weighted by molar-refractivity contribution is -0.122. The topological polar surface area (TPSA) is 101 Å². The molecule has 0 aliphatic heterocycles. The SMILES string of the molecule is Nc1nccn2c1c(-c1cc3ccccc3[nH]1)nc2[C@H]1CC[C@H](CNC(=O)[C@@H]2C[C@H]2c2ccccc2)CC1. The first-order chi connectivity index (χ1) is 18.7. The number of aromatic nitrogens is 4. The lowest BCUT2D eigenvalue weighted by atomic mass is 9.81. The van der Waals surface area contributed by atoms with Gasteiger partial charge in [0.05, 0.1) is 5.69 Å². The molecule has 2 atom stereocenters. The molecule has 5 aromatic rings. The zero-order valence-electron chi connectivity index (χ0n) is 21.3. The Morgan fingerprint density at radius 3 is 2.66 bits per heavy atom. The number of amides is 1. The molecule has 7 nitrogen and oxygen atoms in total. The van der Waals surface area contributed by atoms with Gasteiger partial charge >= 0.3 is 0 Å². The average Bonchev–Trinajstić information content (AvgIpc) is 3.49. The minimum atomic E-state index is 0.132. The number of nitrogens with zero attached hydrogens (tertiary/aromatic N) is 3. The maximum atomic E-state index is 12.8. The van der Waals surface area contributed by atoms with E-state index >= 15 is 0 Å². The van der Waals surface area contributed by atoms with Gasteiger partial charge < -0.3 is 16.0 Å². The predicted octanol–water partition coefficient (Wildman–Crippen LogP) is 5.65. The molecule has 0 unspecified atom stereocenters. The van der Waals surface area contributed by atoms with Crippen molar-refractivity contribution in [1.82, 2.24) is 24.7 Å². The number of hydrogen-bond acceptors (Lipinski definition) is 4. The van der Waals surface area contributed by atoms with Crippen LogP contribution in [0.1, 0.15) is 55.3 Å². The van der Waals surface area contributed by atoms with Crippen molar-refractivity contribution in [2.24, 2.45) is 11.8 Å². The second-order valence-corrected chi connectivity index (χ2v) is 10.9. The van der Waals surface area contributed by atoms with Gasteiger partial charge in [-0.2, -0.15) is 0 Å². The normalized spacial score (nSPS) is 23.1. The van der Waals surface area contributed by atoms with Crippen LogP contribution in [-0.2, 0) is 4.79 Å². The Morgan fingerprint density at radius 2 is 1.84 bits per heavy atom. The standard InChI is InChI=1S/C31H32N6O/c32-29-28-27(26-16-22-8-4-5-9-25(22)35-26)36-30(37(28)15-14-33-29)21-12-10-19(11-13-21)18-34-31(38)24-17-23(24)20-6-2-1-3-7-20/h1-9,14-16,19,21,23-24,35H,10-13,17-18H2,(H2,32,33)(H,34,38)/t19-,21-,23-,24+/m0/s1. The molecular formula is C31H32N6O. The smallest absolute Gasteiger partial charge is 0.223 e. The van der Waals surface area contributed by atoms with Gasteiger partial charge in [0, 0.05) is 41.7 Å². The van der Waals surface area contributed by atoms with Gasteiger partial charge in [-0.15, -0.1) is 0 Å². The number of nitrogens with one attached hydrogen (secondary N) is 2. The lowest BCUT2D eigenvalue weighted by Crippen LogP contribution is -2.32. The number of benzene rings is 2. The number of imidazole rings is 1. The molecule has 2 aliphatic carbocycles. The minimum absolute atomic E-state index is 0.132. The third-order valence-corrected chi connectivity index (χ3v) is 8.53. The van der Waals surface area contributed by atoms with Crippen molar-refractivity contribution in [2.45, 2.75) is 43.9 Å². The maximum Gasteiger partial charge on any atom is 0.223 e. The Hall–Kier alpha value is -4.13. The average molecular weight is 505 g/mol. The first-order valence-corrected chi connectivity index (χ1v) is 13.7. The van der Waals surface area contributed by atoms with Crippen LogP contribution in [0.25, 0.3) is 27.8 Å². The van der Waals surface area contributed by atoms with Gasteiger partial charge in [-0.25, -0.2) is 9.97 Å². The van der Waals surface area contributed by atoms with E-state index in [1.807, 2.05) is 24.4 Å². The predicted molar refractivity (Wildman–Crippen MR) is 150 cm³/mol. The van der Waals surface area contributed by atoms with E-state index < -0.39 is 0 Å². The lowest BCUT2D eigenvalue weighted by Gasteiger charge is -2.28. The largest absolute Gasteiger partial charge is 0.382 e. The van der Waals surface area contributed by atoms with Crippen LogP contribution in [-0.4, -0.2) is 31.8 Å². The molecule has 0 radical (unpaired) electrons. The number of fused-ring (bicyclic) bond motifs is 2. The van der Waals surface area contributed by atoms with Gasteiger partial charge in [0.25, 0.3) is 0 Å². The molecular weight excluding hydrogens is 472 g/mol. The summed E-state index contributed by atoms with van der Waals surface area (Å²) in [5.74, 6) is 3.13. The highest BCUT2D eigenvalue weighted by Crippen LogP contribution is 2.47. The van der Waals surface area contributed by atoms with E-state index in [0.29, 0.717) is 23.6 Å². The highest BCUT2D eigenvalue weighted by Gasteiger charge is 2.43. The summed E-state index contributed by atoms with van der Waals surface area (Å²) in [5, 5.41) is 4.40. The molecule has 0 bridgehead atoms. The zero-order chi connectivity index (χ0) is 25.6. The molecule has 2 aromatic carbocycles. The number of aromatic amines is 1. The third-order valence-electron chi connectivity index (χ3n) is 8.53. The molecule has 2 aliphatic rings. The first kappa shape index (κ1) is 23.0. The number of carbonyl (C=O) groups is 1. The highest BCUT2D eigenvalue weighted by atomic mass is 16.2. The Morgan fingerprint density at radius 1 is 1.05 bits per heavy atom. The van der Waals surface area contributed by atoms with Gasteiger partial charge in [0.1, 0.15) is 22.9 Å². The van der Waals surface area contributed by atoms with E-state index in [2.05, 4.69) is 62.2 Å². The number of rotatable bonds is 6. The summed E-state index contributed by atoms with van der Waals surface area (Å²) in [7, 11) is 0. The molecule has 192 valence electrons. The van der Waals surface area contributed by atoms with Crippen molar-refractivity contribution in [2.75, 3.05) is 12.3 Å². The third kappa shape index (κ3) is 4.12. The fraction of sp³-hybridized carbons (Fsp3) is 0.323. The van der Waals surface area contributed by atoms with E-state index in [1.54, 1.807) is 6.20 Å². The molecule has 3 aromatic heterocycles. The summed E-state index contributed by atoms with van der Waals surface area (Å²) in [6, 6.07) is 20.8. The maximum absolute atomic E-state index is 12.8. The van der Waals surface area contributed by atoms with Crippen molar-refractivity contribution in [3.63, 3.8) is 0 Å². The molecule has 2 saturated carbocycles. The van der Waals surface area contributed by atoms with Crippen molar-refractivity contribution in [1.29, 1.82) is 0 Å². The van der Waals surface area contributed by atoms with Gasteiger partial charge in [-0.05, 0) is 61.6 Å². The quantitative estimate of drug-likeness (QED) is 0.278. The van der Waals surface area contributed by atoms with Gasteiger partial charge in [-0.1, -0.05) is 48.5 Å². The fourth-order valence-corrected chi connectivity index (χ4v) is 6.32. The summed E-state index contributed by atoms with van der Waals surface area (Å²) in [4.78, 5) is 25.8. The van der Waals surface area contributed by atoms with Crippen molar-refractivity contribution < 1.29 is 4.79 Å². The van der Waals surface area contributed by atoms with Crippen LogP contribution in [0.5, 0.6) is 0 Å².